The molecule has 0 aromatic carbocycles. The monoisotopic (exact) mass is 388 g/mol. The molecule has 0 fully saturated rings. The first kappa shape index (κ1) is 29.2. The van der Waals surface area contributed by atoms with Gasteiger partial charge in [-0.05, 0) is 0 Å². The first-order valence-electron chi connectivity index (χ1n) is 3.08. The Bertz CT molecular complexity index is 133. The third-order valence-electron chi connectivity index (χ3n) is 0.586. The van der Waals surface area contributed by atoms with Gasteiger partial charge in [0.25, 0.3) is 6.47 Å². The van der Waals surface area contributed by atoms with E-state index < -0.39 is 0 Å². The van der Waals surface area contributed by atoms with E-state index in [0.717, 1.165) is 6.42 Å². The van der Waals surface area contributed by atoms with Gasteiger partial charge in [-0.25, -0.2) is 12.2 Å². The molecule has 5 nitrogen and oxygen atoms in total. The molecule has 0 heterocycles. The van der Waals surface area contributed by atoms with E-state index in [1.54, 1.807) is 0 Å². The van der Waals surface area contributed by atoms with Gasteiger partial charge >= 0.3 is 0 Å². The van der Waals surface area contributed by atoms with Gasteiger partial charge in [-0.3, -0.25) is 10.9 Å². The van der Waals surface area contributed by atoms with E-state index in [2.05, 4.69) is 12.2 Å². The minimum atomic E-state index is -0.250. The third-order valence-corrected chi connectivity index (χ3v) is 0.586. The number of carboxylic acid groups (broad SMARTS) is 1. The summed E-state index contributed by atoms with van der Waals surface area (Å²) in [6.07, 6.45) is 10.0. The van der Waals surface area contributed by atoms with E-state index in [1.165, 1.54) is 0 Å². The molecule has 0 aromatic heterocycles. The largest absolute Gasteiger partial charge is 0.483 e. The second kappa shape index (κ2) is 79.8. The van der Waals surface area contributed by atoms with Crippen LogP contribution in [-0.2, 0) is 39.6 Å². The predicted molar refractivity (Wildman–Crippen MR) is 51.6 cm³/mol. The van der Waals surface area contributed by atoms with Crippen LogP contribution in [0, 0.1) is 6.08 Å². The molecule has 0 aromatic rings. The summed E-state index contributed by atoms with van der Waals surface area (Å²) in [5.41, 5.74) is 0. The third kappa shape index (κ3) is 109. The zero-order valence-corrected chi connectivity index (χ0v) is 10.8. The second-order valence-corrected chi connectivity index (χ2v) is 1.11. The molecule has 0 atom stereocenters. The van der Waals surface area contributed by atoms with Crippen molar-refractivity contribution in [2.75, 3.05) is 0 Å². The summed E-state index contributed by atoms with van der Waals surface area (Å²) in [5.74, 6) is 0. The Morgan fingerprint density at radius 2 is 1.47 bits per heavy atom. The van der Waals surface area contributed by atoms with Gasteiger partial charge in [0, 0.05) is 20.4 Å². The Hall–Kier alpha value is -1.38. The normalized spacial score (nSPS) is 7.47. The molecular weight excluding hydrogens is 374 g/mol. The van der Waals surface area contributed by atoms with Gasteiger partial charge < -0.3 is 19.5 Å². The minimum absolute atomic E-state index is 0. The van der Waals surface area contributed by atoms with Crippen molar-refractivity contribution in [3.63, 3.8) is 0 Å². The SMILES string of the molecule is C=O.C=O.C=O.O=CO.[C-]1=CC=CC1.[Re]. The zero-order chi connectivity index (χ0) is 12.2. The Morgan fingerprint density at radius 3 is 1.53 bits per heavy atom. The quantitative estimate of drug-likeness (QED) is 0.482. The fraction of sp³-hybridized carbons (Fsp3) is 0.111. The van der Waals surface area contributed by atoms with Crippen LogP contribution in [0.25, 0.3) is 0 Å². The van der Waals surface area contributed by atoms with E-state index in [-0.39, 0.29) is 26.9 Å². The van der Waals surface area contributed by atoms with Crippen LogP contribution >= 0.6 is 0 Å². The van der Waals surface area contributed by atoms with Crippen molar-refractivity contribution >= 4 is 26.8 Å². The topological polar surface area (TPSA) is 88.5 Å². The number of allylic oxidation sites excluding steroid dienone is 4. The van der Waals surface area contributed by atoms with Gasteiger partial charge in [0.05, 0.1) is 0 Å². The Kier molecular flexibility index (Phi) is 155. The smallest absolute Gasteiger partial charge is 0.290 e. The van der Waals surface area contributed by atoms with Gasteiger partial charge in [-0.2, -0.15) is 6.08 Å². The zero-order valence-electron chi connectivity index (χ0n) is 8.10. The standard InChI is InChI=1S/C5H5.CH2O2.3CH2O.Re/c1-2-4-5-3-1;2-1-3;3*1-2;/h1-3H,4H2;1H,(H,2,3);3*1H2;/q-1;;;;;. The molecule has 0 bridgehead atoms. The predicted octanol–water partition coefficient (Wildman–Crippen LogP) is 0.449. The fourth-order valence-electron chi connectivity index (χ4n) is 0.340. The molecule has 0 saturated heterocycles. The summed E-state index contributed by atoms with van der Waals surface area (Å²) >= 11 is 0. The minimum Gasteiger partial charge on any atom is -0.483 e. The summed E-state index contributed by atoms with van der Waals surface area (Å²) in [4.78, 5) is 32.4. The molecule has 0 aliphatic heterocycles. The maximum absolute atomic E-state index is 8.36. The maximum atomic E-state index is 8.36. The van der Waals surface area contributed by atoms with Crippen molar-refractivity contribution in [2.45, 2.75) is 6.42 Å². The number of hydrogen-bond acceptors (Lipinski definition) is 4. The van der Waals surface area contributed by atoms with Crippen LogP contribution < -0.4 is 0 Å². The van der Waals surface area contributed by atoms with E-state index in [1.807, 2.05) is 32.5 Å². The van der Waals surface area contributed by atoms with Crippen molar-refractivity contribution in [2.24, 2.45) is 0 Å². The van der Waals surface area contributed by atoms with Crippen LogP contribution in [0.1, 0.15) is 6.42 Å². The van der Waals surface area contributed by atoms with E-state index in [9.17, 15) is 0 Å². The summed E-state index contributed by atoms with van der Waals surface area (Å²) < 4.78 is 0. The van der Waals surface area contributed by atoms with Gasteiger partial charge in [-0.1, -0.05) is 0 Å². The molecular formula is C9H13O5Re-. The van der Waals surface area contributed by atoms with Gasteiger partial charge in [0.1, 0.15) is 20.4 Å². The number of rotatable bonds is 0. The van der Waals surface area contributed by atoms with Crippen molar-refractivity contribution in [3.8, 4) is 0 Å². The summed E-state index contributed by atoms with van der Waals surface area (Å²) in [7, 11) is 0. The Labute approximate surface area is 103 Å². The summed E-state index contributed by atoms with van der Waals surface area (Å²) in [6, 6.07) is 0. The van der Waals surface area contributed by atoms with Gasteiger partial charge in [0.15, 0.2) is 0 Å². The second-order valence-electron chi connectivity index (χ2n) is 1.11. The van der Waals surface area contributed by atoms with Crippen LogP contribution in [0.5, 0.6) is 0 Å². The van der Waals surface area contributed by atoms with Crippen molar-refractivity contribution < 1.29 is 44.7 Å². The molecule has 0 spiro atoms. The molecule has 87 valence electrons. The van der Waals surface area contributed by atoms with Gasteiger partial charge in [0.2, 0.25) is 0 Å². The molecule has 6 heteroatoms. The Morgan fingerprint density at radius 1 is 1.13 bits per heavy atom. The molecule has 15 heavy (non-hydrogen) atoms. The first-order chi connectivity index (χ1) is 6.91. The molecule has 0 amide bonds. The van der Waals surface area contributed by atoms with E-state index in [0.29, 0.717) is 0 Å². The maximum Gasteiger partial charge on any atom is 0.290 e. The van der Waals surface area contributed by atoms with Crippen LogP contribution in [0.4, 0.5) is 0 Å². The molecule has 1 N–H and O–H groups in total. The first-order valence-corrected chi connectivity index (χ1v) is 3.08. The van der Waals surface area contributed by atoms with Crippen molar-refractivity contribution in [1.82, 2.24) is 0 Å². The fourth-order valence-corrected chi connectivity index (χ4v) is 0.340. The van der Waals surface area contributed by atoms with E-state index >= 15 is 0 Å². The van der Waals surface area contributed by atoms with Crippen LogP contribution in [0.3, 0.4) is 0 Å². The number of carbonyl (C=O) groups is 4. The van der Waals surface area contributed by atoms with Gasteiger partial charge in [-0.15, -0.1) is 6.42 Å². The average Bonchev–Trinajstić information content (AvgIpc) is 2.85. The van der Waals surface area contributed by atoms with Crippen LogP contribution in [0.2, 0.25) is 0 Å². The number of hydrogen-bond donors (Lipinski definition) is 1. The van der Waals surface area contributed by atoms with Crippen molar-refractivity contribution in [1.29, 1.82) is 0 Å². The van der Waals surface area contributed by atoms with Crippen LogP contribution in [-0.4, -0.2) is 31.9 Å². The average molecular weight is 387 g/mol. The van der Waals surface area contributed by atoms with E-state index in [4.69, 9.17) is 24.3 Å². The molecule has 0 saturated carbocycles. The molecule has 1 rings (SSSR count). The van der Waals surface area contributed by atoms with Crippen molar-refractivity contribution in [3.05, 3.63) is 24.3 Å². The summed E-state index contributed by atoms with van der Waals surface area (Å²) in [6.45, 7) is 5.75. The molecule has 0 unspecified atom stereocenters. The molecule has 1 radical (unpaired) electrons. The summed E-state index contributed by atoms with van der Waals surface area (Å²) in [5, 5.41) is 6.89. The molecule has 1 aliphatic carbocycles. The number of carbonyl (C=O) groups excluding carboxylic acids is 3. The van der Waals surface area contributed by atoms with Crippen LogP contribution in [0.15, 0.2) is 18.2 Å². The Balaban J connectivity index is -0.0000000299. The molecule has 1 aliphatic rings.